The molecule has 5 aromatic rings. The quantitative estimate of drug-likeness (QED) is 0.167. The van der Waals surface area contributed by atoms with Gasteiger partial charge < -0.3 is 24.7 Å². The molecule has 0 saturated heterocycles. The first-order valence-electron chi connectivity index (χ1n) is 13.7. The Morgan fingerprint density at radius 1 is 1.02 bits per heavy atom. The Bertz CT molecular complexity index is 1890. The predicted octanol–water partition coefficient (Wildman–Crippen LogP) is 6.46. The van der Waals surface area contributed by atoms with Gasteiger partial charge in [-0.15, -0.1) is 0 Å². The van der Waals surface area contributed by atoms with E-state index in [2.05, 4.69) is 20.6 Å². The molecule has 0 fully saturated rings. The highest BCUT2D eigenvalue weighted by molar-refractivity contribution is 6.38. The number of carbonyl (C=O) groups is 3. The molecule has 2 N–H and O–H groups in total. The number of halogens is 2. The lowest BCUT2D eigenvalue weighted by molar-refractivity contribution is -0.122. The van der Waals surface area contributed by atoms with Gasteiger partial charge in [-0.2, -0.15) is 0 Å². The first kappa shape index (κ1) is 31.2. The maximum absolute atomic E-state index is 12.9. The summed E-state index contributed by atoms with van der Waals surface area (Å²) in [5, 5.41) is 6.75. The van der Waals surface area contributed by atoms with E-state index in [9.17, 15) is 14.4 Å². The fraction of sp³-hybridized carbons (Fsp3) is 0.121. The summed E-state index contributed by atoms with van der Waals surface area (Å²) < 4.78 is 11.1. The molecule has 0 spiro atoms. The van der Waals surface area contributed by atoms with Crippen LogP contribution in [0, 0.1) is 6.92 Å². The number of nitrogens with one attached hydrogen (secondary N) is 2. The molecule has 0 bridgehead atoms. The number of amides is 3. The third-order valence-electron chi connectivity index (χ3n) is 6.71. The summed E-state index contributed by atoms with van der Waals surface area (Å²) in [4.78, 5) is 47.5. The Hall–Kier alpha value is -5.19. The summed E-state index contributed by atoms with van der Waals surface area (Å²) in [5.41, 5.74) is 3.11. The van der Waals surface area contributed by atoms with Crippen LogP contribution in [0.5, 0.6) is 5.75 Å². The molecule has 228 valence electrons. The number of aromatic nitrogens is 2. The SMILES string of the molecule is Cc1ccc2cccc(OCc3c(Cl)ccc(N(C)C(=O)CNC(=O)/C=C/c4ccc(NC(=O)c5ccco5)nc4)c3Cl)c2n1. The maximum Gasteiger partial charge on any atom is 0.292 e. The molecular weight excluding hydrogens is 617 g/mol. The van der Waals surface area contributed by atoms with Gasteiger partial charge >= 0.3 is 0 Å². The van der Waals surface area contributed by atoms with Crippen LogP contribution < -0.4 is 20.3 Å². The summed E-state index contributed by atoms with van der Waals surface area (Å²) in [7, 11) is 1.55. The van der Waals surface area contributed by atoms with Crippen molar-refractivity contribution >= 4 is 69.4 Å². The van der Waals surface area contributed by atoms with Crippen molar-refractivity contribution < 1.29 is 23.5 Å². The largest absolute Gasteiger partial charge is 0.487 e. The van der Waals surface area contributed by atoms with Crippen LogP contribution in [0.1, 0.15) is 27.4 Å². The Labute approximate surface area is 268 Å². The monoisotopic (exact) mass is 643 g/mol. The van der Waals surface area contributed by atoms with Crippen LogP contribution in [0.3, 0.4) is 0 Å². The van der Waals surface area contributed by atoms with Gasteiger partial charge in [-0.25, -0.2) is 9.97 Å². The van der Waals surface area contributed by atoms with E-state index in [1.165, 1.54) is 35.6 Å². The number of nitrogens with zero attached hydrogens (tertiary/aromatic N) is 3. The van der Waals surface area contributed by atoms with Crippen molar-refractivity contribution in [2.75, 3.05) is 23.8 Å². The van der Waals surface area contributed by atoms with E-state index in [4.69, 9.17) is 32.4 Å². The lowest BCUT2D eigenvalue weighted by Gasteiger charge is -2.21. The van der Waals surface area contributed by atoms with Crippen molar-refractivity contribution in [3.05, 3.63) is 118 Å². The van der Waals surface area contributed by atoms with Gasteiger partial charge in [0.25, 0.3) is 5.91 Å². The number of carbonyl (C=O) groups excluding carboxylic acids is 3. The third-order valence-corrected chi connectivity index (χ3v) is 7.49. The molecule has 0 aliphatic rings. The summed E-state index contributed by atoms with van der Waals surface area (Å²) in [6.45, 7) is 1.68. The van der Waals surface area contributed by atoms with E-state index in [1.807, 2.05) is 37.3 Å². The van der Waals surface area contributed by atoms with Crippen molar-refractivity contribution in [1.29, 1.82) is 0 Å². The number of pyridine rings is 2. The van der Waals surface area contributed by atoms with Crippen molar-refractivity contribution in [3.8, 4) is 5.75 Å². The van der Waals surface area contributed by atoms with E-state index in [0.29, 0.717) is 33.4 Å². The minimum atomic E-state index is -0.484. The maximum atomic E-state index is 12.9. The minimum Gasteiger partial charge on any atom is -0.487 e. The van der Waals surface area contributed by atoms with Gasteiger partial charge in [0.05, 0.1) is 23.5 Å². The number of para-hydroxylation sites is 1. The molecule has 0 atom stereocenters. The number of likely N-dealkylation sites (N-methyl/N-ethyl adjacent to an activating group) is 1. The molecular formula is C33H27Cl2N5O5. The Balaban J connectivity index is 1.16. The number of aryl methyl sites for hydroxylation is 1. The standard InChI is InChI=1S/C33H27Cl2N5O5/c1-20-8-11-22-5-3-6-26(32(22)38-20)45-19-23-24(34)12-13-25(31(23)35)40(2)30(42)18-37-29(41)15-10-21-9-14-28(36-17-21)39-33(43)27-7-4-16-44-27/h3-17H,18-19H2,1-2H3,(H,37,41)(H,36,39,43)/b15-10+. The highest BCUT2D eigenvalue weighted by Crippen LogP contribution is 2.35. The van der Waals surface area contributed by atoms with E-state index >= 15 is 0 Å². The Morgan fingerprint density at radius 2 is 1.87 bits per heavy atom. The number of furan rings is 1. The number of hydrogen-bond acceptors (Lipinski definition) is 7. The minimum absolute atomic E-state index is 0.0516. The molecule has 0 unspecified atom stereocenters. The van der Waals surface area contributed by atoms with Gasteiger partial charge in [0.1, 0.15) is 23.7 Å². The molecule has 0 radical (unpaired) electrons. The zero-order valence-corrected chi connectivity index (χ0v) is 25.7. The van der Waals surface area contributed by atoms with Gasteiger partial charge in [-0.05, 0) is 67.1 Å². The number of fused-ring (bicyclic) bond motifs is 1. The Morgan fingerprint density at radius 3 is 2.62 bits per heavy atom. The molecule has 12 heteroatoms. The topological polar surface area (TPSA) is 127 Å². The second kappa shape index (κ2) is 14.1. The van der Waals surface area contributed by atoms with Crippen LogP contribution in [-0.4, -0.2) is 41.3 Å². The zero-order valence-electron chi connectivity index (χ0n) is 24.2. The summed E-state index contributed by atoms with van der Waals surface area (Å²) in [5.74, 6) is -0.250. The lowest BCUT2D eigenvalue weighted by Crippen LogP contribution is -2.37. The molecule has 5 rings (SSSR count). The number of anilines is 2. The number of rotatable bonds is 10. The van der Waals surface area contributed by atoms with Crippen LogP contribution >= 0.6 is 23.2 Å². The Kier molecular flexibility index (Phi) is 9.76. The average molecular weight is 645 g/mol. The van der Waals surface area contributed by atoms with Gasteiger partial charge in [-0.1, -0.05) is 41.4 Å². The second-order valence-corrected chi connectivity index (χ2v) is 10.6. The highest BCUT2D eigenvalue weighted by Gasteiger charge is 2.19. The number of ether oxygens (including phenoxy) is 1. The molecule has 0 aliphatic carbocycles. The van der Waals surface area contributed by atoms with Crippen LogP contribution in [0.15, 0.2) is 89.7 Å². The molecule has 10 nitrogen and oxygen atoms in total. The number of benzene rings is 2. The summed E-state index contributed by atoms with van der Waals surface area (Å²) in [6.07, 6.45) is 5.70. The van der Waals surface area contributed by atoms with E-state index in [1.54, 1.807) is 37.4 Å². The predicted molar refractivity (Wildman–Crippen MR) is 174 cm³/mol. The van der Waals surface area contributed by atoms with Crippen molar-refractivity contribution in [2.24, 2.45) is 0 Å². The van der Waals surface area contributed by atoms with E-state index < -0.39 is 17.7 Å². The van der Waals surface area contributed by atoms with Crippen LogP contribution in [0.4, 0.5) is 11.5 Å². The molecule has 0 saturated carbocycles. The van der Waals surface area contributed by atoms with Crippen LogP contribution in [0.25, 0.3) is 17.0 Å². The molecule has 3 aromatic heterocycles. The highest BCUT2D eigenvalue weighted by atomic mass is 35.5. The molecule has 45 heavy (non-hydrogen) atoms. The smallest absolute Gasteiger partial charge is 0.292 e. The number of hydrogen-bond donors (Lipinski definition) is 2. The molecule has 3 amide bonds. The van der Waals surface area contributed by atoms with E-state index in [0.717, 1.165) is 16.6 Å². The van der Waals surface area contributed by atoms with Gasteiger partial charge in [0.15, 0.2) is 5.76 Å². The van der Waals surface area contributed by atoms with Crippen molar-refractivity contribution in [2.45, 2.75) is 13.5 Å². The fourth-order valence-electron chi connectivity index (χ4n) is 4.27. The van der Waals surface area contributed by atoms with Crippen LogP contribution in [-0.2, 0) is 16.2 Å². The van der Waals surface area contributed by atoms with Crippen molar-refractivity contribution in [3.63, 3.8) is 0 Å². The normalized spacial score (nSPS) is 11.0. The first-order chi connectivity index (χ1) is 21.7. The molecule has 2 aromatic carbocycles. The zero-order chi connectivity index (χ0) is 31.9. The average Bonchev–Trinajstić information content (AvgIpc) is 3.59. The van der Waals surface area contributed by atoms with Crippen LogP contribution in [0.2, 0.25) is 10.0 Å². The summed E-state index contributed by atoms with van der Waals surface area (Å²) >= 11 is 13.2. The molecule has 0 aliphatic heterocycles. The van der Waals surface area contributed by atoms with Gasteiger partial charge in [-0.3, -0.25) is 14.4 Å². The fourth-order valence-corrected chi connectivity index (χ4v) is 4.88. The van der Waals surface area contributed by atoms with E-state index in [-0.39, 0.29) is 23.9 Å². The van der Waals surface area contributed by atoms with Crippen molar-refractivity contribution in [1.82, 2.24) is 15.3 Å². The molecule has 3 heterocycles. The van der Waals surface area contributed by atoms with Gasteiger partial charge in [0, 0.05) is 41.0 Å². The summed E-state index contributed by atoms with van der Waals surface area (Å²) in [6, 6.07) is 19.2. The first-order valence-corrected chi connectivity index (χ1v) is 14.4. The van der Waals surface area contributed by atoms with Gasteiger partial charge in [0.2, 0.25) is 11.8 Å². The third kappa shape index (κ3) is 7.67. The lowest BCUT2D eigenvalue weighted by atomic mass is 10.1. The second-order valence-electron chi connectivity index (χ2n) is 9.84.